The molecule has 2 rings (SSSR count). The van der Waals surface area contributed by atoms with Gasteiger partial charge in [0.1, 0.15) is 5.75 Å². The molecule has 0 aliphatic carbocycles. The quantitative estimate of drug-likeness (QED) is 0.791. The number of benzene rings is 2. The Labute approximate surface area is 151 Å². The molecule has 2 amide bonds. The molecular formula is C18H20ClN3O3. The predicted octanol–water partition coefficient (Wildman–Crippen LogP) is 2.20. The minimum Gasteiger partial charge on any atom is -0.483 e. The van der Waals surface area contributed by atoms with E-state index in [-0.39, 0.29) is 23.8 Å². The molecule has 0 saturated heterocycles. The maximum absolute atomic E-state index is 11.9. The molecule has 25 heavy (non-hydrogen) atoms. The minimum atomic E-state index is -0.668. The van der Waals surface area contributed by atoms with E-state index in [4.69, 9.17) is 22.1 Å². The molecule has 0 saturated carbocycles. The monoisotopic (exact) mass is 361 g/mol. The third-order valence-electron chi connectivity index (χ3n) is 3.51. The lowest BCUT2D eigenvalue weighted by atomic mass is 10.2. The summed E-state index contributed by atoms with van der Waals surface area (Å²) in [7, 11) is 3.93. The number of ether oxygens (including phenoxy) is 1. The van der Waals surface area contributed by atoms with Gasteiger partial charge in [-0.2, -0.15) is 0 Å². The van der Waals surface area contributed by atoms with Crippen LogP contribution in [0, 0.1) is 0 Å². The van der Waals surface area contributed by atoms with Gasteiger partial charge < -0.3 is 20.7 Å². The molecule has 3 N–H and O–H groups in total. The Hall–Kier alpha value is -2.73. The number of nitrogens with zero attached hydrogens (tertiary/aromatic N) is 1. The molecule has 0 unspecified atom stereocenters. The van der Waals surface area contributed by atoms with Crippen LogP contribution in [-0.4, -0.2) is 32.5 Å². The van der Waals surface area contributed by atoms with Crippen LogP contribution in [-0.2, 0) is 11.3 Å². The number of carbonyl (C=O) groups is 2. The van der Waals surface area contributed by atoms with Gasteiger partial charge in [-0.3, -0.25) is 9.59 Å². The van der Waals surface area contributed by atoms with E-state index in [0.717, 1.165) is 11.3 Å². The maximum atomic E-state index is 11.9. The minimum absolute atomic E-state index is 0.138. The highest BCUT2D eigenvalue weighted by Crippen LogP contribution is 2.22. The molecule has 0 atom stereocenters. The lowest BCUT2D eigenvalue weighted by molar-refractivity contribution is -0.123. The first-order valence-corrected chi connectivity index (χ1v) is 7.99. The Morgan fingerprint density at radius 2 is 1.84 bits per heavy atom. The lowest BCUT2D eigenvalue weighted by Crippen LogP contribution is -2.28. The second kappa shape index (κ2) is 8.39. The average Bonchev–Trinajstić information content (AvgIpc) is 2.59. The number of amides is 2. The molecule has 6 nitrogen and oxygen atoms in total. The van der Waals surface area contributed by atoms with Crippen molar-refractivity contribution in [2.24, 2.45) is 5.73 Å². The first-order chi connectivity index (χ1) is 11.9. The average molecular weight is 362 g/mol. The largest absolute Gasteiger partial charge is 0.483 e. The Morgan fingerprint density at radius 3 is 2.44 bits per heavy atom. The summed E-state index contributed by atoms with van der Waals surface area (Å²) < 4.78 is 5.38. The van der Waals surface area contributed by atoms with E-state index in [1.54, 1.807) is 6.07 Å². The number of halogens is 1. The standard InChI is InChI=1S/C18H20ClN3O3/c1-22(2)14-6-3-12(4-7-14)10-21-17(23)11-25-16-8-5-13(19)9-15(16)18(20)24/h3-9H,10-11H2,1-2H3,(H2,20,24)(H,21,23). The van der Waals surface area contributed by atoms with Gasteiger partial charge in [-0.15, -0.1) is 0 Å². The number of anilines is 1. The van der Waals surface area contributed by atoms with E-state index >= 15 is 0 Å². The predicted molar refractivity (Wildman–Crippen MR) is 98.1 cm³/mol. The summed E-state index contributed by atoms with van der Waals surface area (Å²) in [5.74, 6) is -0.747. The number of rotatable bonds is 7. The van der Waals surface area contributed by atoms with Gasteiger partial charge in [-0.05, 0) is 35.9 Å². The van der Waals surface area contributed by atoms with E-state index in [1.165, 1.54) is 12.1 Å². The molecule has 7 heteroatoms. The highest BCUT2D eigenvalue weighted by atomic mass is 35.5. The fraction of sp³-hybridized carbons (Fsp3) is 0.222. The highest BCUT2D eigenvalue weighted by Gasteiger charge is 2.12. The molecule has 0 aliphatic rings. The number of nitrogens with two attached hydrogens (primary N) is 1. The molecule has 0 bridgehead atoms. The van der Waals surface area contributed by atoms with Crippen molar-refractivity contribution < 1.29 is 14.3 Å². The number of nitrogens with one attached hydrogen (secondary N) is 1. The van der Waals surface area contributed by atoms with Crippen LogP contribution >= 0.6 is 11.6 Å². The van der Waals surface area contributed by atoms with Crippen LogP contribution in [0.2, 0.25) is 5.02 Å². The van der Waals surface area contributed by atoms with Gasteiger partial charge in [0.05, 0.1) is 5.56 Å². The summed E-state index contributed by atoms with van der Waals surface area (Å²) in [5.41, 5.74) is 7.47. The summed E-state index contributed by atoms with van der Waals surface area (Å²) in [6.45, 7) is 0.164. The van der Waals surface area contributed by atoms with Crippen molar-refractivity contribution in [3.05, 3.63) is 58.6 Å². The molecule has 0 spiro atoms. The van der Waals surface area contributed by atoms with Gasteiger partial charge in [-0.25, -0.2) is 0 Å². The SMILES string of the molecule is CN(C)c1ccc(CNC(=O)COc2ccc(Cl)cc2C(N)=O)cc1. The third-order valence-corrected chi connectivity index (χ3v) is 3.74. The van der Waals surface area contributed by atoms with Crippen LogP contribution in [0.1, 0.15) is 15.9 Å². The van der Waals surface area contributed by atoms with Crippen molar-refractivity contribution in [3.8, 4) is 5.75 Å². The van der Waals surface area contributed by atoms with E-state index in [2.05, 4.69) is 5.32 Å². The second-order valence-corrected chi connectivity index (χ2v) is 6.07. The van der Waals surface area contributed by atoms with Crippen molar-refractivity contribution in [3.63, 3.8) is 0 Å². The number of primary amides is 1. The van der Waals surface area contributed by atoms with Crippen molar-refractivity contribution >= 4 is 29.1 Å². The molecule has 2 aromatic rings. The van der Waals surface area contributed by atoms with E-state index in [0.29, 0.717) is 11.6 Å². The van der Waals surface area contributed by atoms with Crippen LogP contribution in [0.25, 0.3) is 0 Å². The molecule has 2 aromatic carbocycles. The number of hydrogen-bond acceptors (Lipinski definition) is 4. The van der Waals surface area contributed by atoms with Gasteiger partial charge in [0.2, 0.25) is 0 Å². The van der Waals surface area contributed by atoms with Gasteiger partial charge in [0, 0.05) is 31.4 Å². The fourth-order valence-corrected chi connectivity index (χ4v) is 2.30. The maximum Gasteiger partial charge on any atom is 0.258 e. The fourth-order valence-electron chi connectivity index (χ4n) is 2.13. The second-order valence-electron chi connectivity index (χ2n) is 5.63. The molecule has 0 heterocycles. The third kappa shape index (κ3) is 5.39. The van der Waals surface area contributed by atoms with Crippen molar-refractivity contribution in [2.45, 2.75) is 6.54 Å². The van der Waals surface area contributed by atoms with Gasteiger partial charge in [0.15, 0.2) is 6.61 Å². The number of hydrogen-bond donors (Lipinski definition) is 2. The summed E-state index contributed by atoms with van der Waals surface area (Å²) >= 11 is 5.83. The Balaban J connectivity index is 1.88. The van der Waals surface area contributed by atoms with E-state index in [1.807, 2.05) is 43.3 Å². The number of carbonyl (C=O) groups excluding carboxylic acids is 2. The molecule has 132 valence electrons. The van der Waals surface area contributed by atoms with Crippen LogP contribution in [0.3, 0.4) is 0 Å². The summed E-state index contributed by atoms with van der Waals surface area (Å²) in [6, 6.07) is 12.3. The zero-order valence-corrected chi connectivity index (χ0v) is 14.8. The van der Waals surface area contributed by atoms with Crippen LogP contribution in [0.4, 0.5) is 5.69 Å². The first kappa shape index (κ1) is 18.6. The Kier molecular flexibility index (Phi) is 6.25. The van der Waals surface area contributed by atoms with Gasteiger partial charge in [-0.1, -0.05) is 23.7 Å². The van der Waals surface area contributed by atoms with Crippen LogP contribution in [0.5, 0.6) is 5.75 Å². The molecule has 0 aliphatic heterocycles. The molecule has 0 aromatic heterocycles. The first-order valence-electron chi connectivity index (χ1n) is 7.62. The summed E-state index contributed by atoms with van der Waals surface area (Å²) in [5, 5.41) is 3.13. The summed E-state index contributed by atoms with van der Waals surface area (Å²) in [6.07, 6.45) is 0. The Bertz CT molecular complexity index is 761. The molecule has 0 fully saturated rings. The van der Waals surface area contributed by atoms with Gasteiger partial charge in [0.25, 0.3) is 11.8 Å². The van der Waals surface area contributed by atoms with E-state index in [9.17, 15) is 9.59 Å². The zero-order valence-electron chi connectivity index (χ0n) is 14.1. The zero-order chi connectivity index (χ0) is 18.4. The topological polar surface area (TPSA) is 84.7 Å². The van der Waals surface area contributed by atoms with Gasteiger partial charge >= 0.3 is 0 Å². The van der Waals surface area contributed by atoms with Crippen LogP contribution in [0.15, 0.2) is 42.5 Å². The highest BCUT2D eigenvalue weighted by molar-refractivity contribution is 6.31. The van der Waals surface area contributed by atoms with Crippen molar-refractivity contribution in [2.75, 3.05) is 25.6 Å². The normalized spacial score (nSPS) is 10.2. The van der Waals surface area contributed by atoms with Crippen molar-refractivity contribution in [1.82, 2.24) is 5.32 Å². The lowest BCUT2D eigenvalue weighted by Gasteiger charge is -2.13. The van der Waals surface area contributed by atoms with Crippen molar-refractivity contribution in [1.29, 1.82) is 0 Å². The Morgan fingerprint density at radius 1 is 1.16 bits per heavy atom. The molecule has 0 radical (unpaired) electrons. The molecular weight excluding hydrogens is 342 g/mol. The van der Waals surface area contributed by atoms with E-state index < -0.39 is 5.91 Å². The smallest absolute Gasteiger partial charge is 0.258 e. The van der Waals surface area contributed by atoms with Crippen LogP contribution < -0.4 is 20.7 Å². The summed E-state index contributed by atoms with van der Waals surface area (Å²) in [4.78, 5) is 25.3.